The van der Waals surface area contributed by atoms with Crippen LogP contribution in [0, 0.1) is 11.8 Å². The molecule has 3 nitrogen and oxygen atoms in total. The average molecular weight is 228 g/mol. The van der Waals surface area contributed by atoms with E-state index in [1.165, 1.54) is 13.0 Å². The van der Waals surface area contributed by atoms with Gasteiger partial charge in [0.15, 0.2) is 0 Å². The summed E-state index contributed by atoms with van der Waals surface area (Å²) in [5.41, 5.74) is 5.70. The van der Waals surface area contributed by atoms with Crippen LogP contribution in [0.15, 0.2) is 0 Å². The van der Waals surface area contributed by atoms with Crippen LogP contribution in [-0.2, 0) is 0 Å². The fourth-order valence-electron chi connectivity index (χ4n) is 2.21. The van der Waals surface area contributed by atoms with Gasteiger partial charge in [0.1, 0.15) is 0 Å². The van der Waals surface area contributed by atoms with Crippen molar-refractivity contribution in [3.63, 3.8) is 0 Å². The number of aliphatic hydroxyl groups is 1. The van der Waals surface area contributed by atoms with Crippen molar-refractivity contribution >= 4 is 0 Å². The van der Waals surface area contributed by atoms with Crippen LogP contribution in [0.25, 0.3) is 0 Å². The molecule has 0 spiro atoms. The zero-order chi connectivity index (χ0) is 12.2. The third-order valence-electron chi connectivity index (χ3n) is 4.06. The molecule has 1 aliphatic carbocycles. The van der Waals surface area contributed by atoms with E-state index in [-0.39, 0.29) is 12.1 Å². The number of hydrogen-bond donors (Lipinski definition) is 2. The van der Waals surface area contributed by atoms with Gasteiger partial charge in [-0.1, -0.05) is 13.8 Å². The SMILES string of the molecule is CCC(N)(CO)CCCN(C)CC1CC1C. The maximum Gasteiger partial charge on any atom is 0.0611 e. The van der Waals surface area contributed by atoms with Crippen molar-refractivity contribution in [1.29, 1.82) is 0 Å². The van der Waals surface area contributed by atoms with Gasteiger partial charge in [-0.3, -0.25) is 0 Å². The topological polar surface area (TPSA) is 49.5 Å². The Bertz CT molecular complexity index is 204. The molecule has 0 aromatic carbocycles. The minimum Gasteiger partial charge on any atom is -0.394 e. The predicted molar refractivity (Wildman–Crippen MR) is 68.3 cm³/mol. The molecule has 3 atom stereocenters. The minimum absolute atomic E-state index is 0.104. The first-order valence-electron chi connectivity index (χ1n) is 6.59. The highest BCUT2D eigenvalue weighted by atomic mass is 16.3. The molecule has 1 aliphatic rings. The van der Waals surface area contributed by atoms with E-state index in [1.54, 1.807) is 0 Å². The van der Waals surface area contributed by atoms with Gasteiger partial charge in [0.25, 0.3) is 0 Å². The lowest BCUT2D eigenvalue weighted by Gasteiger charge is -2.26. The Balaban J connectivity index is 2.09. The molecule has 0 aromatic heterocycles. The van der Waals surface area contributed by atoms with Crippen LogP contribution in [0.2, 0.25) is 0 Å². The monoisotopic (exact) mass is 228 g/mol. The van der Waals surface area contributed by atoms with Crippen LogP contribution in [0.5, 0.6) is 0 Å². The van der Waals surface area contributed by atoms with Crippen molar-refractivity contribution in [3.8, 4) is 0 Å². The Morgan fingerprint density at radius 2 is 2.12 bits per heavy atom. The number of nitrogens with two attached hydrogens (primary N) is 1. The molecular weight excluding hydrogens is 200 g/mol. The maximum atomic E-state index is 9.20. The summed E-state index contributed by atoms with van der Waals surface area (Å²) >= 11 is 0. The second-order valence-corrected chi connectivity index (χ2v) is 5.71. The quantitative estimate of drug-likeness (QED) is 0.661. The molecule has 3 unspecified atom stereocenters. The summed E-state index contributed by atoms with van der Waals surface area (Å²) < 4.78 is 0. The first-order valence-corrected chi connectivity index (χ1v) is 6.59. The molecular formula is C13H28N2O. The molecule has 0 radical (unpaired) electrons. The zero-order valence-electron chi connectivity index (χ0n) is 11.1. The molecule has 16 heavy (non-hydrogen) atoms. The van der Waals surface area contributed by atoms with Crippen molar-refractivity contribution < 1.29 is 5.11 Å². The van der Waals surface area contributed by atoms with Crippen LogP contribution < -0.4 is 5.73 Å². The van der Waals surface area contributed by atoms with Gasteiger partial charge in [-0.2, -0.15) is 0 Å². The minimum atomic E-state index is -0.353. The smallest absolute Gasteiger partial charge is 0.0611 e. The largest absolute Gasteiger partial charge is 0.394 e. The highest BCUT2D eigenvalue weighted by molar-refractivity contribution is 4.85. The van der Waals surface area contributed by atoms with Crippen LogP contribution >= 0.6 is 0 Å². The Labute approximate surface area is 100 Å². The highest BCUT2D eigenvalue weighted by Gasteiger charge is 2.33. The van der Waals surface area contributed by atoms with Gasteiger partial charge in [0.05, 0.1) is 6.61 Å². The summed E-state index contributed by atoms with van der Waals surface area (Å²) in [6.07, 6.45) is 4.26. The van der Waals surface area contributed by atoms with Crippen molar-refractivity contribution in [1.82, 2.24) is 4.90 Å². The summed E-state index contributed by atoms with van der Waals surface area (Å²) in [6, 6.07) is 0. The third-order valence-corrected chi connectivity index (χ3v) is 4.06. The van der Waals surface area contributed by atoms with Gasteiger partial charge in [0, 0.05) is 12.1 Å². The van der Waals surface area contributed by atoms with Crippen molar-refractivity contribution in [2.75, 3.05) is 26.7 Å². The fourth-order valence-corrected chi connectivity index (χ4v) is 2.21. The van der Waals surface area contributed by atoms with E-state index in [1.807, 2.05) is 6.92 Å². The van der Waals surface area contributed by atoms with Gasteiger partial charge < -0.3 is 15.7 Å². The van der Waals surface area contributed by atoms with Crippen LogP contribution in [0.1, 0.15) is 39.5 Å². The van der Waals surface area contributed by atoms with Gasteiger partial charge in [-0.15, -0.1) is 0 Å². The summed E-state index contributed by atoms with van der Waals surface area (Å²) in [5.74, 6) is 1.86. The molecule has 0 aliphatic heterocycles. The average Bonchev–Trinajstić information content (AvgIpc) is 2.94. The molecule has 0 aromatic rings. The molecule has 0 heterocycles. The van der Waals surface area contributed by atoms with E-state index in [2.05, 4.69) is 18.9 Å². The fraction of sp³-hybridized carbons (Fsp3) is 1.00. The predicted octanol–water partition coefficient (Wildman–Crippen LogP) is 1.45. The first-order chi connectivity index (χ1) is 7.50. The van der Waals surface area contributed by atoms with E-state index < -0.39 is 0 Å². The molecule has 0 saturated heterocycles. The number of aliphatic hydroxyl groups excluding tert-OH is 1. The summed E-state index contributed by atoms with van der Waals surface area (Å²) in [5, 5.41) is 9.20. The molecule has 1 fully saturated rings. The van der Waals surface area contributed by atoms with Gasteiger partial charge in [-0.05, 0) is 51.1 Å². The Morgan fingerprint density at radius 3 is 2.56 bits per heavy atom. The molecule has 0 bridgehead atoms. The van der Waals surface area contributed by atoms with Crippen molar-refractivity contribution in [3.05, 3.63) is 0 Å². The summed E-state index contributed by atoms with van der Waals surface area (Å²) in [4.78, 5) is 2.40. The number of hydrogen-bond acceptors (Lipinski definition) is 3. The summed E-state index contributed by atoms with van der Waals surface area (Å²) in [6.45, 7) is 6.80. The molecule has 3 N–H and O–H groups in total. The molecule has 96 valence electrons. The second-order valence-electron chi connectivity index (χ2n) is 5.71. The van der Waals surface area contributed by atoms with Crippen LogP contribution in [0.4, 0.5) is 0 Å². The van der Waals surface area contributed by atoms with E-state index in [9.17, 15) is 5.11 Å². The third kappa shape index (κ3) is 4.40. The molecule has 1 rings (SSSR count). The number of nitrogens with zero attached hydrogens (tertiary/aromatic N) is 1. The van der Waals surface area contributed by atoms with E-state index in [0.717, 1.165) is 37.6 Å². The summed E-state index contributed by atoms with van der Waals surface area (Å²) in [7, 11) is 2.19. The maximum absolute atomic E-state index is 9.20. The lowest BCUT2D eigenvalue weighted by molar-refractivity contribution is 0.174. The molecule has 0 amide bonds. The lowest BCUT2D eigenvalue weighted by Crippen LogP contribution is -2.43. The Morgan fingerprint density at radius 1 is 1.50 bits per heavy atom. The normalized spacial score (nSPS) is 28.1. The van der Waals surface area contributed by atoms with E-state index >= 15 is 0 Å². The van der Waals surface area contributed by atoms with Crippen molar-refractivity contribution in [2.24, 2.45) is 17.6 Å². The first kappa shape index (κ1) is 13.9. The van der Waals surface area contributed by atoms with Crippen LogP contribution in [0.3, 0.4) is 0 Å². The van der Waals surface area contributed by atoms with Gasteiger partial charge >= 0.3 is 0 Å². The molecule has 3 heteroatoms. The number of rotatable bonds is 8. The Kier molecular flexibility index (Phi) is 5.22. The second kappa shape index (κ2) is 5.99. The van der Waals surface area contributed by atoms with Crippen LogP contribution in [-0.4, -0.2) is 42.3 Å². The highest BCUT2D eigenvalue weighted by Crippen LogP contribution is 2.37. The Hall–Kier alpha value is -0.120. The zero-order valence-corrected chi connectivity index (χ0v) is 11.1. The molecule has 1 saturated carbocycles. The lowest BCUT2D eigenvalue weighted by atomic mass is 9.92. The van der Waals surface area contributed by atoms with Gasteiger partial charge in [-0.25, -0.2) is 0 Å². The van der Waals surface area contributed by atoms with Gasteiger partial charge in [0.2, 0.25) is 0 Å². The van der Waals surface area contributed by atoms with E-state index in [4.69, 9.17) is 5.73 Å². The van der Waals surface area contributed by atoms with E-state index in [0.29, 0.717) is 0 Å². The standard InChI is InChI=1S/C13H28N2O/c1-4-13(14,10-16)6-5-7-15(3)9-12-8-11(12)2/h11-12,16H,4-10,14H2,1-3H3. The van der Waals surface area contributed by atoms with Crippen molar-refractivity contribution in [2.45, 2.75) is 45.1 Å².